The average Bonchev–Trinajstić information content (AvgIpc) is 3.31. The fourth-order valence-corrected chi connectivity index (χ4v) is 3.80. The van der Waals surface area contributed by atoms with Gasteiger partial charge in [-0.25, -0.2) is 0 Å². The van der Waals surface area contributed by atoms with Gasteiger partial charge in [0.05, 0.1) is 5.69 Å². The maximum atomic E-state index is 12.8. The molecule has 2 saturated heterocycles. The molecule has 6 heteroatoms. The number of hydrogen-bond donors (Lipinski definition) is 2. The summed E-state index contributed by atoms with van der Waals surface area (Å²) >= 11 is 0. The van der Waals surface area contributed by atoms with Gasteiger partial charge < -0.3 is 10.2 Å². The van der Waals surface area contributed by atoms with Crippen LogP contribution in [0.1, 0.15) is 34.5 Å². The Morgan fingerprint density at radius 1 is 1.24 bits per heavy atom. The highest BCUT2D eigenvalue weighted by Crippen LogP contribution is 2.37. The molecule has 1 spiro atoms. The van der Waals surface area contributed by atoms with Crippen LogP contribution in [0.3, 0.4) is 0 Å². The Kier molecular flexibility index (Phi) is 3.63. The molecule has 1 unspecified atom stereocenters. The lowest BCUT2D eigenvalue weighted by Gasteiger charge is -2.21. The van der Waals surface area contributed by atoms with Gasteiger partial charge in [-0.1, -0.05) is 12.1 Å². The van der Waals surface area contributed by atoms with Crippen molar-refractivity contribution in [3.05, 3.63) is 41.1 Å². The second-order valence-corrected chi connectivity index (χ2v) is 7.40. The van der Waals surface area contributed by atoms with Gasteiger partial charge in [-0.3, -0.25) is 14.7 Å². The summed E-state index contributed by atoms with van der Waals surface area (Å²) in [5.74, 6) is 0.0478. The number of nitrogens with one attached hydrogen (secondary N) is 2. The van der Waals surface area contributed by atoms with Gasteiger partial charge in [0, 0.05) is 37.0 Å². The summed E-state index contributed by atoms with van der Waals surface area (Å²) < 4.78 is 0. The molecule has 0 saturated carbocycles. The molecule has 2 amide bonds. The van der Waals surface area contributed by atoms with Crippen LogP contribution in [-0.4, -0.2) is 46.5 Å². The smallest absolute Gasteiger partial charge is 0.271 e. The lowest BCUT2D eigenvalue weighted by atomic mass is 9.86. The molecule has 25 heavy (non-hydrogen) atoms. The van der Waals surface area contributed by atoms with Gasteiger partial charge in [0.2, 0.25) is 5.91 Å². The van der Waals surface area contributed by atoms with Crippen LogP contribution in [0.4, 0.5) is 0 Å². The number of aryl methyl sites for hydroxylation is 2. The van der Waals surface area contributed by atoms with Gasteiger partial charge in [-0.05, 0) is 43.5 Å². The maximum Gasteiger partial charge on any atom is 0.271 e. The number of carbonyl (C=O) groups is 2. The Morgan fingerprint density at radius 2 is 2.08 bits per heavy atom. The van der Waals surface area contributed by atoms with Gasteiger partial charge in [0.15, 0.2) is 0 Å². The van der Waals surface area contributed by atoms with Crippen LogP contribution in [0.25, 0.3) is 11.3 Å². The summed E-state index contributed by atoms with van der Waals surface area (Å²) in [4.78, 5) is 26.1. The van der Waals surface area contributed by atoms with Crippen LogP contribution in [-0.2, 0) is 4.79 Å². The third-order valence-electron chi connectivity index (χ3n) is 5.53. The minimum atomic E-state index is -0.0797. The zero-order valence-electron chi connectivity index (χ0n) is 14.6. The fraction of sp³-hybridized carbons (Fsp3) is 0.421. The SMILES string of the molecule is Cc1ccc(-c2cc(C(=O)N3CCC4(CNC(=O)C4)C3)[nH]n2)cc1C. The predicted octanol–water partition coefficient (Wildman–Crippen LogP) is 2.05. The van der Waals surface area contributed by atoms with Gasteiger partial charge >= 0.3 is 0 Å². The first-order valence-corrected chi connectivity index (χ1v) is 8.65. The van der Waals surface area contributed by atoms with Crippen LogP contribution >= 0.6 is 0 Å². The Morgan fingerprint density at radius 3 is 2.80 bits per heavy atom. The number of aromatic amines is 1. The second kappa shape index (κ2) is 5.72. The number of H-pyrrole nitrogens is 1. The molecule has 2 fully saturated rings. The fourth-order valence-electron chi connectivity index (χ4n) is 3.80. The normalized spacial score (nSPS) is 22.6. The number of rotatable bonds is 2. The minimum absolute atomic E-state index is 0.0428. The summed E-state index contributed by atoms with van der Waals surface area (Å²) in [7, 11) is 0. The van der Waals surface area contributed by atoms with E-state index in [1.165, 1.54) is 11.1 Å². The Bertz CT molecular complexity index is 857. The lowest BCUT2D eigenvalue weighted by molar-refractivity contribution is -0.119. The summed E-state index contributed by atoms with van der Waals surface area (Å²) in [5.41, 5.74) is 4.64. The highest BCUT2D eigenvalue weighted by Gasteiger charge is 2.45. The van der Waals surface area contributed by atoms with Crippen molar-refractivity contribution < 1.29 is 9.59 Å². The van der Waals surface area contributed by atoms with Crippen molar-refractivity contribution in [2.45, 2.75) is 26.7 Å². The third kappa shape index (κ3) is 2.81. The molecule has 4 rings (SSSR count). The molecule has 1 atom stereocenters. The minimum Gasteiger partial charge on any atom is -0.355 e. The first-order chi connectivity index (χ1) is 12.0. The van der Waals surface area contributed by atoms with Crippen molar-refractivity contribution in [3.63, 3.8) is 0 Å². The molecule has 2 aromatic rings. The molecular formula is C19H22N4O2. The third-order valence-corrected chi connectivity index (χ3v) is 5.53. The first-order valence-electron chi connectivity index (χ1n) is 8.65. The van der Waals surface area contributed by atoms with E-state index in [0.717, 1.165) is 17.7 Å². The number of benzene rings is 1. The maximum absolute atomic E-state index is 12.8. The van der Waals surface area contributed by atoms with E-state index in [9.17, 15) is 9.59 Å². The Hall–Kier alpha value is -2.63. The predicted molar refractivity (Wildman–Crippen MR) is 94.1 cm³/mol. The van der Waals surface area contributed by atoms with Crippen molar-refractivity contribution in [1.29, 1.82) is 0 Å². The molecular weight excluding hydrogens is 316 g/mol. The summed E-state index contributed by atoms with van der Waals surface area (Å²) in [6.45, 7) is 6.13. The summed E-state index contributed by atoms with van der Waals surface area (Å²) in [6, 6.07) is 7.98. The first kappa shape index (κ1) is 15.9. The van der Waals surface area contributed by atoms with Crippen LogP contribution in [0.5, 0.6) is 0 Å². The van der Waals surface area contributed by atoms with Crippen molar-refractivity contribution in [3.8, 4) is 11.3 Å². The number of likely N-dealkylation sites (tertiary alicyclic amines) is 1. The number of amides is 2. The Labute approximate surface area is 146 Å². The van der Waals surface area contributed by atoms with Gasteiger partial charge in [-0.2, -0.15) is 5.10 Å². The van der Waals surface area contributed by atoms with Crippen molar-refractivity contribution in [2.75, 3.05) is 19.6 Å². The molecule has 0 aliphatic carbocycles. The molecule has 130 valence electrons. The highest BCUT2D eigenvalue weighted by atomic mass is 16.2. The van der Waals surface area contributed by atoms with Crippen LogP contribution in [0.2, 0.25) is 0 Å². The van der Waals surface area contributed by atoms with Gasteiger partial charge in [0.25, 0.3) is 5.91 Å². The van der Waals surface area contributed by atoms with E-state index in [2.05, 4.69) is 41.5 Å². The van der Waals surface area contributed by atoms with E-state index in [4.69, 9.17) is 0 Å². The van der Waals surface area contributed by atoms with E-state index in [0.29, 0.717) is 31.7 Å². The van der Waals surface area contributed by atoms with Crippen molar-refractivity contribution in [2.24, 2.45) is 5.41 Å². The standard InChI is InChI=1S/C19H22N4O2/c1-12-3-4-14(7-13(12)2)15-8-16(22-21-15)18(25)23-6-5-19(11-23)9-17(24)20-10-19/h3-4,7-8H,5-6,9-11H2,1-2H3,(H,20,24)(H,21,22). The lowest BCUT2D eigenvalue weighted by Crippen LogP contribution is -2.33. The highest BCUT2D eigenvalue weighted by molar-refractivity contribution is 5.93. The molecule has 1 aromatic heterocycles. The number of nitrogens with zero attached hydrogens (tertiary/aromatic N) is 2. The summed E-state index contributed by atoms with van der Waals surface area (Å²) in [6.07, 6.45) is 1.39. The Balaban J connectivity index is 1.51. The number of carbonyl (C=O) groups excluding carboxylic acids is 2. The quantitative estimate of drug-likeness (QED) is 0.880. The molecule has 1 aromatic carbocycles. The number of hydrogen-bond acceptors (Lipinski definition) is 3. The van der Waals surface area contributed by atoms with Gasteiger partial charge in [-0.15, -0.1) is 0 Å². The van der Waals surface area contributed by atoms with Crippen molar-refractivity contribution >= 4 is 11.8 Å². The van der Waals surface area contributed by atoms with E-state index in [1.807, 2.05) is 17.0 Å². The van der Waals surface area contributed by atoms with Crippen LogP contribution in [0.15, 0.2) is 24.3 Å². The van der Waals surface area contributed by atoms with Crippen molar-refractivity contribution in [1.82, 2.24) is 20.4 Å². The molecule has 2 N–H and O–H groups in total. The molecule has 2 aliphatic rings. The molecule has 0 radical (unpaired) electrons. The van der Waals surface area contributed by atoms with E-state index < -0.39 is 0 Å². The monoisotopic (exact) mass is 338 g/mol. The van der Waals surface area contributed by atoms with E-state index in [1.54, 1.807) is 0 Å². The van der Waals surface area contributed by atoms with Crippen LogP contribution < -0.4 is 5.32 Å². The zero-order valence-corrected chi connectivity index (χ0v) is 14.6. The molecule has 0 bridgehead atoms. The number of aromatic nitrogens is 2. The van der Waals surface area contributed by atoms with E-state index in [-0.39, 0.29) is 17.2 Å². The second-order valence-electron chi connectivity index (χ2n) is 7.40. The molecule has 6 nitrogen and oxygen atoms in total. The average molecular weight is 338 g/mol. The molecule has 2 aliphatic heterocycles. The zero-order chi connectivity index (χ0) is 17.6. The van der Waals surface area contributed by atoms with E-state index >= 15 is 0 Å². The summed E-state index contributed by atoms with van der Waals surface area (Å²) in [5, 5.41) is 10.1. The van der Waals surface area contributed by atoms with Gasteiger partial charge in [0.1, 0.15) is 5.69 Å². The molecule has 3 heterocycles. The largest absolute Gasteiger partial charge is 0.355 e. The topological polar surface area (TPSA) is 78.1 Å². The van der Waals surface area contributed by atoms with Crippen LogP contribution in [0, 0.1) is 19.3 Å².